The molecule has 118 valence electrons. The van der Waals surface area contributed by atoms with Gasteiger partial charge in [-0.15, -0.1) is 0 Å². The van der Waals surface area contributed by atoms with Gasteiger partial charge < -0.3 is 9.64 Å². The Hall–Kier alpha value is -1.16. The summed E-state index contributed by atoms with van der Waals surface area (Å²) in [6, 6.07) is 2.26. The smallest absolute Gasteiger partial charge is 0.239 e. The second kappa shape index (κ2) is 6.73. The largest absolute Gasteiger partial charge is 0.378 e. The zero-order valence-electron chi connectivity index (χ0n) is 13.3. The van der Waals surface area contributed by atoms with Crippen LogP contribution in [0.25, 0.3) is 0 Å². The number of morpholine rings is 1. The predicted molar refractivity (Wildman–Crippen MR) is 79.7 cm³/mol. The van der Waals surface area contributed by atoms with Gasteiger partial charge in [0.1, 0.15) is 5.54 Å². The minimum Gasteiger partial charge on any atom is -0.378 e. The van der Waals surface area contributed by atoms with Gasteiger partial charge in [0.05, 0.1) is 25.3 Å². The normalized spacial score (nSPS) is 23.6. The number of amides is 1. The number of piperazine rings is 1. The van der Waals surface area contributed by atoms with Crippen LogP contribution in [0.2, 0.25) is 0 Å². The molecule has 0 radical (unpaired) electrons. The predicted octanol–water partition coefficient (Wildman–Crippen LogP) is 0.153. The highest BCUT2D eigenvalue weighted by Gasteiger charge is 2.33. The molecular formula is C15H26N4O2. The summed E-state index contributed by atoms with van der Waals surface area (Å²) in [4.78, 5) is 18.8. The zero-order valence-corrected chi connectivity index (χ0v) is 13.3. The van der Waals surface area contributed by atoms with Gasteiger partial charge in [-0.25, -0.2) is 0 Å². The fourth-order valence-corrected chi connectivity index (χ4v) is 2.94. The van der Waals surface area contributed by atoms with Gasteiger partial charge in [-0.3, -0.25) is 14.6 Å². The first-order valence-electron chi connectivity index (χ1n) is 7.72. The Morgan fingerprint density at radius 2 is 1.71 bits per heavy atom. The molecule has 2 aliphatic heterocycles. The van der Waals surface area contributed by atoms with Crippen LogP contribution in [0, 0.1) is 11.3 Å². The molecular weight excluding hydrogens is 268 g/mol. The van der Waals surface area contributed by atoms with Crippen molar-refractivity contribution in [2.45, 2.75) is 32.4 Å². The maximum atomic E-state index is 12.5. The fourth-order valence-electron chi connectivity index (χ4n) is 2.94. The summed E-state index contributed by atoms with van der Waals surface area (Å²) in [5, 5.41) is 9.20. The van der Waals surface area contributed by atoms with E-state index in [0.717, 1.165) is 26.2 Å². The number of nitrogens with zero attached hydrogens (tertiary/aromatic N) is 4. The quantitative estimate of drug-likeness (QED) is 0.742. The second-order valence-corrected chi connectivity index (χ2v) is 6.31. The molecule has 2 rings (SSSR count). The van der Waals surface area contributed by atoms with Crippen LogP contribution in [-0.2, 0) is 9.53 Å². The molecule has 0 spiro atoms. The first-order valence-corrected chi connectivity index (χ1v) is 7.72. The summed E-state index contributed by atoms with van der Waals surface area (Å²) in [5.74, 6) is 0.200. The summed E-state index contributed by atoms with van der Waals surface area (Å²) >= 11 is 0. The lowest BCUT2D eigenvalue weighted by molar-refractivity contribution is -0.141. The lowest BCUT2D eigenvalue weighted by Crippen LogP contribution is -2.59. The maximum absolute atomic E-state index is 12.5. The van der Waals surface area contributed by atoms with Crippen LogP contribution in [0.15, 0.2) is 0 Å². The van der Waals surface area contributed by atoms with E-state index < -0.39 is 5.54 Å². The molecule has 21 heavy (non-hydrogen) atoms. The number of carbonyl (C=O) groups excluding carboxylic acids is 1. The molecule has 0 N–H and O–H groups in total. The van der Waals surface area contributed by atoms with Gasteiger partial charge in [0, 0.05) is 39.3 Å². The van der Waals surface area contributed by atoms with E-state index in [4.69, 9.17) is 4.74 Å². The fraction of sp³-hybridized carbons (Fsp3) is 0.867. The SMILES string of the molecule is CC(C(=O)N1CCOCC1)N1CCN(C(C)(C)C#N)CC1. The third kappa shape index (κ3) is 3.73. The Kier molecular flexibility index (Phi) is 5.20. The van der Waals surface area contributed by atoms with E-state index in [0.29, 0.717) is 26.3 Å². The van der Waals surface area contributed by atoms with Crippen molar-refractivity contribution in [3.63, 3.8) is 0 Å². The van der Waals surface area contributed by atoms with Gasteiger partial charge in [-0.1, -0.05) is 0 Å². The van der Waals surface area contributed by atoms with Gasteiger partial charge in [0.2, 0.25) is 5.91 Å². The monoisotopic (exact) mass is 294 g/mol. The zero-order chi connectivity index (χ0) is 15.5. The molecule has 0 aromatic rings. The van der Waals surface area contributed by atoms with E-state index >= 15 is 0 Å². The molecule has 0 saturated carbocycles. The maximum Gasteiger partial charge on any atom is 0.239 e. The van der Waals surface area contributed by atoms with Crippen LogP contribution < -0.4 is 0 Å². The third-order valence-corrected chi connectivity index (χ3v) is 4.61. The molecule has 0 aromatic carbocycles. The van der Waals surface area contributed by atoms with Crippen molar-refractivity contribution in [2.24, 2.45) is 0 Å². The second-order valence-electron chi connectivity index (χ2n) is 6.31. The number of ether oxygens (including phenoxy) is 1. The van der Waals surface area contributed by atoms with Crippen LogP contribution >= 0.6 is 0 Å². The Labute approximate surface area is 127 Å². The van der Waals surface area contributed by atoms with Crippen LogP contribution in [0.3, 0.4) is 0 Å². The number of hydrogen-bond acceptors (Lipinski definition) is 5. The molecule has 6 nitrogen and oxygen atoms in total. The van der Waals surface area contributed by atoms with Crippen molar-refractivity contribution in [2.75, 3.05) is 52.5 Å². The summed E-state index contributed by atoms with van der Waals surface area (Å²) in [7, 11) is 0. The molecule has 0 aromatic heterocycles. The minimum atomic E-state index is -0.427. The minimum absolute atomic E-state index is 0.0875. The Morgan fingerprint density at radius 3 is 2.24 bits per heavy atom. The number of hydrogen-bond donors (Lipinski definition) is 0. The molecule has 0 aliphatic carbocycles. The highest BCUT2D eigenvalue weighted by molar-refractivity contribution is 5.81. The van der Waals surface area contributed by atoms with Crippen LogP contribution in [0.5, 0.6) is 0 Å². The van der Waals surface area contributed by atoms with Gasteiger partial charge >= 0.3 is 0 Å². The molecule has 1 amide bonds. The van der Waals surface area contributed by atoms with Gasteiger partial charge in [-0.2, -0.15) is 5.26 Å². The van der Waals surface area contributed by atoms with E-state index in [1.54, 1.807) is 0 Å². The number of rotatable bonds is 3. The molecule has 1 atom stereocenters. The van der Waals surface area contributed by atoms with Crippen molar-refractivity contribution in [3.05, 3.63) is 0 Å². The molecule has 2 aliphatic rings. The van der Waals surface area contributed by atoms with E-state index in [1.807, 2.05) is 25.7 Å². The van der Waals surface area contributed by atoms with E-state index in [2.05, 4.69) is 15.9 Å². The van der Waals surface area contributed by atoms with Crippen LogP contribution in [0.1, 0.15) is 20.8 Å². The van der Waals surface area contributed by atoms with E-state index in [9.17, 15) is 10.1 Å². The summed E-state index contributed by atoms with van der Waals surface area (Å²) in [5.41, 5.74) is -0.427. The van der Waals surface area contributed by atoms with Gasteiger partial charge in [0.25, 0.3) is 0 Å². The van der Waals surface area contributed by atoms with Crippen molar-refractivity contribution in [1.82, 2.24) is 14.7 Å². The summed E-state index contributed by atoms with van der Waals surface area (Å²) in [6.07, 6.45) is 0. The molecule has 2 heterocycles. The molecule has 2 saturated heterocycles. The Balaban J connectivity index is 1.86. The summed E-state index contributed by atoms with van der Waals surface area (Å²) in [6.45, 7) is 11.9. The first-order chi connectivity index (χ1) is 9.95. The first kappa shape index (κ1) is 16.2. The lowest BCUT2D eigenvalue weighted by Gasteiger charge is -2.43. The summed E-state index contributed by atoms with van der Waals surface area (Å²) < 4.78 is 5.29. The topological polar surface area (TPSA) is 59.8 Å². The Bertz CT molecular complexity index is 404. The van der Waals surface area contributed by atoms with E-state index in [-0.39, 0.29) is 11.9 Å². The highest BCUT2D eigenvalue weighted by atomic mass is 16.5. The van der Waals surface area contributed by atoms with Crippen molar-refractivity contribution in [3.8, 4) is 6.07 Å². The highest BCUT2D eigenvalue weighted by Crippen LogP contribution is 2.17. The third-order valence-electron chi connectivity index (χ3n) is 4.61. The lowest BCUT2D eigenvalue weighted by atomic mass is 10.0. The molecule has 0 bridgehead atoms. The van der Waals surface area contributed by atoms with Gasteiger partial charge in [0.15, 0.2) is 0 Å². The van der Waals surface area contributed by atoms with Gasteiger partial charge in [-0.05, 0) is 20.8 Å². The molecule has 6 heteroatoms. The van der Waals surface area contributed by atoms with Crippen LogP contribution in [-0.4, -0.2) is 84.7 Å². The molecule has 2 fully saturated rings. The van der Waals surface area contributed by atoms with Crippen molar-refractivity contribution in [1.29, 1.82) is 5.26 Å². The number of nitriles is 1. The molecule has 1 unspecified atom stereocenters. The van der Waals surface area contributed by atoms with E-state index in [1.165, 1.54) is 0 Å². The average molecular weight is 294 g/mol. The average Bonchev–Trinajstić information content (AvgIpc) is 2.54. The standard InChI is InChI=1S/C15H26N4O2/c1-13(14(20)18-8-10-21-11-9-18)17-4-6-19(7-5-17)15(2,3)12-16/h13H,4-11H2,1-3H3. The Morgan fingerprint density at radius 1 is 1.14 bits per heavy atom. The van der Waals surface area contributed by atoms with Crippen LogP contribution in [0.4, 0.5) is 0 Å². The number of carbonyl (C=O) groups is 1. The van der Waals surface area contributed by atoms with Crippen molar-refractivity contribution < 1.29 is 9.53 Å². The van der Waals surface area contributed by atoms with Crippen molar-refractivity contribution >= 4 is 5.91 Å².